The average molecular weight is 463 g/mol. The lowest BCUT2D eigenvalue weighted by molar-refractivity contribution is 0.0602. The third-order valence-corrected chi connectivity index (χ3v) is 9.24. The van der Waals surface area contributed by atoms with Crippen LogP contribution in [0.15, 0.2) is 72.4 Å². The van der Waals surface area contributed by atoms with E-state index in [0.717, 1.165) is 0 Å². The van der Waals surface area contributed by atoms with Crippen molar-refractivity contribution in [3.8, 4) is 0 Å². The van der Waals surface area contributed by atoms with E-state index in [1.807, 2.05) is 0 Å². The number of benzene rings is 3. The highest BCUT2D eigenvalue weighted by molar-refractivity contribution is 5.83. The zero-order valence-corrected chi connectivity index (χ0v) is 21.9. The largest absolute Gasteiger partial charge is 0.335 e. The first kappa shape index (κ1) is 22.5. The Labute approximate surface area is 211 Å². The Bertz CT molecular complexity index is 1290. The molecule has 0 radical (unpaired) electrons. The number of aryl methyl sites for hydroxylation is 3. The van der Waals surface area contributed by atoms with Crippen LogP contribution in [0.5, 0.6) is 0 Å². The summed E-state index contributed by atoms with van der Waals surface area (Å²) in [7, 11) is 0. The summed E-state index contributed by atoms with van der Waals surface area (Å²) in [5, 5.41) is 0. The van der Waals surface area contributed by atoms with Gasteiger partial charge in [0, 0.05) is 22.5 Å². The van der Waals surface area contributed by atoms with Crippen molar-refractivity contribution < 1.29 is 0 Å². The van der Waals surface area contributed by atoms with Gasteiger partial charge in [0.1, 0.15) is 6.17 Å². The summed E-state index contributed by atoms with van der Waals surface area (Å²) in [6.07, 6.45) is 6.86. The standard InChI is InChI=1S/C33H38N2/c1-22-14-9-12-21-29(22)34-25(4)31-27-19-10-11-20-28(27)33(5,26-17-7-6-8-18-26)35(31)32(34)30-23(2)15-13-16-24(30)3/h9-16,19-21,26,32H,6-8,17-18H2,1-5H3. The van der Waals surface area contributed by atoms with Crippen molar-refractivity contribution in [3.63, 3.8) is 0 Å². The molecule has 6 rings (SSSR count). The molecule has 3 aromatic carbocycles. The van der Waals surface area contributed by atoms with Crippen molar-refractivity contribution >= 4 is 11.4 Å². The molecule has 2 heteroatoms. The Hall–Kier alpha value is -3.00. The van der Waals surface area contributed by atoms with E-state index in [1.54, 1.807) is 0 Å². The second-order valence-corrected chi connectivity index (χ2v) is 11.2. The lowest BCUT2D eigenvalue weighted by atomic mass is 9.71. The van der Waals surface area contributed by atoms with Gasteiger partial charge in [-0.05, 0) is 81.7 Å². The first-order valence-electron chi connectivity index (χ1n) is 13.5. The van der Waals surface area contributed by atoms with Gasteiger partial charge in [-0.25, -0.2) is 0 Å². The van der Waals surface area contributed by atoms with E-state index < -0.39 is 0 Å². The van der Waals surface area contributed by atoms with Gasteiger partial charge >= 0.3 is 0 Å². The topological polar surface area (TPSA) is 6.48 Å². The summed E-state index contributed by atoms with van der Waals surface area (Å²) in [5.41, 5.74) is 12.6. The molecule has 0 N–H and O–H groups in total. The van der Waals surface area contributed by atoms with Crippen LogP contribution in [0.2, 0.25) is 0 Å². The second kappa shape index (κ2) is 8.29. The monoisotopic (exact) mass is 462 g/mol. The van der Waals surface area contributed by atoms with Gasteiger partial charge in [-0.3, -0.25) is 0 Å². The zero-order chi connectivity index (χ0) is 24.3. The molecule has 0 amide bonds. The molecular formula is C33H38N2. The zero-order valence-electron chi connectivity index (χ0n) is 21.9. The SMILES string of the molecule is CC1=C2c3ccccc3C(C)(C3CCCCC3)N2C(c2c(C)cccc2C)N1c1ccccc1C. The third-order valence-electron chi connectivity index (χ3n) is 9.24. The molecule has 3 aliphatic rings. The molecule has 180 valence electrons. The van der Waals surface area contributed by atoms with Gasteiger partial charge in [0.2, 0.25) is 0 Å². The van der Waals surface area contributed by atoms with E-state index in [4.69, 9.17) is 0 Å². The van der Waals surface area contributed by atoms with Crippen LogP contribution in [0.25, 0.3) is 5.70 Å². The van der Waals surface area contributed by atoms with Gasteiger partial charge in [0.15, 0.2) is 0 Å². The first-order valence-corrected chi connectivity index (χ1v) is 13.5. The predicted octanol–water partition coefficient (Wildman–Crippen LogP) is 8.63. The fraction of sp³-hybridized carbons (Fsp3) is 0.394. The molecule has 1 saturated carbocycles. The van der Waals surface area contributed by atoms with Crippen LogP contribution in [0, 0.1) is 26.7 Å². The number of nitrogens with zero attached hydrogens (tertiary/aromatic N) is 2. The molecule has 1 fully saturated rings. The molecule has 0 aromatic heterocycles. The van der Waals surface area contributed by atoms with E-state index in [2.05, 4.69) is 111 Å². The minimum atomic E-state index is -0.0234. The number of anilines is 1. The Morgan fingerprint density at radius 2 is 1.34 bits per heavy atom. The Balaban J connectivity index is 1.66. The van der Waals surface area contributed by atoms with Crippen molar-refractivity contribution in [1.29, 1.82) is 0 Å². The van der Waals surface area contributed by atoms with Crippen molar-refractivity contribution in [3.05, 3.63) is 106 Å². The maximum Gasteiger partial charge on any atom is 0.134 e. The van der Waals surface area contributed by atoms with Crippen molar-refractivity contribution in [2.45, 2.75) is 78.4 Å². The van der Waals surface area contributed by atoms with Crippen LogP contribution in [0.1, 0.15) is 85.5 Å². The van der Waals surface area contributed by atoms with Gasteiger partial charge < -0.3 is 9.80 Å². The molecule has 2 heterocycles. The summed E-state index contributed by atoms with van der Waals surface area (Å²) in [6.45, 7) is 11.8. The lowest BCUT2D eigenvalue weighted by Gasteiger charge is -2.49. The highest BCUT2D eigenvalue weighted by Crippen LogP contribution is 2.62. The van der Waals surface area contributed by atoms with Crippen molar-refractivity contribution in [1.82, 2.24) is 4.90 Å². The molecule has 3 aromatic rings. The number of allylic oxidation sites excluding steroid dienone is 1. The Morgan fingerprint density at radius 3 is 2.06 bits per heavy atom. The fourth-order valence-corrected chi connectivity index (χ4v) is 7.50. The summed E-state index contributed by atoms with van der Waals surface area (Å²) >= 11 is 0. The molecule has 2 aliphatic heterocycles. The molecular weight excluding hydrogens is 424 g/mol. The number of hydrogen-bond acceptors (Lipinski definition) is 2. The molecule has 2 unspecified atom stereocenters. The first-order chi connectivity index (χ1) is 16.9. The molecule has 0 saturated heterocycles. The number of rotatable bonds is 3. The van der Waals surface area contributed by atoms with Crippen LogP contribution in [0.3, 0.4) is 0 Å². The van der Waals surface area contributed by atoms with Gasteiger partial charge in [0.05, 0.1) is 11.2 Å². The van der Waals surface area contributed by atoms with Crippen molar-refractivity contribution in [2.75, 3.05) is 4.90 Å². The molecule has 35 heavy (non-hydrogen) atoms. The Kier molecular flexibility index (Phi) is 5.32. The van der Waals surface area contributed by atoms with Crippen molar-refractivity contribution in [2.24, 2.45) is 5.92 Å². The molecule has 1 aliphatic carbocycles. The van der Waals surface area contributed by atoms with Crippen LogP contribution < -0.4 is 4.90 Å². The highest BCUT2D eigenvalue weighted by atomic mass is 15.5. The minimum Gasteiger partial charge on any atom is -0.335 e. The van der Waals surface area contributed by atoms with E-state index >= 15 is 0 Å². The Morgan fingerprint density at radius 1 is 0.714 bits per heavy atom. The maximum absolute atomic E-state index is 2.85. The van der Waals surface area contributed by atoms with Gasteiger partial charge in [-0.1, -0.05) is 79.9 Å². The van der Waals surface area contributed by atoms with E-state index in [1.165, 1.54) is 82.6 Å². The second-order valence-electron chi connectivity index (χ2n) is 11.2. The van der Waals surface area contributed by atoms with Gasteiger partial charge in [0.25, 0.3) is 0 Å². The highest BCUT2D eigenvalue weighted by Gasteiger charge is 2.57. The van der Waals surface area contributed by atoms with Crippen LogP contribution in [0.4, 0.5) is 5.69 Å². The fourth-order valence-electron chi connectivity index (χ4n) is 7.50. The summed E-state index contributed by atoms with van der Waals surface area (Å²) in [4.78, 5) is 5.50. The van der Waals surface area contributed by atoms with Gasteiger partial charge in [-0.2, -0.15) is 0 Å². The van der Waals surface area contributed by atoms with E-state index in [-0.39, 0.29) is 11.7 Å². The van der Waals surface area contributed by atoms with Crippen LogP contribution in [-0.4, -0.2) is 4.90 Å². The average Bonchev–Trinajstić information content (AvgIpc) is 3.31. The summed E-state index contributed by atoms with van der Waals surface area (Å²) in [5.74, 6) is 0.659. The van der Waals surface area contributed by atoms with Crippen LogP contribution >= 0.6 is 0 Å². The molecule has 0 spiro atoms. The summed E-state index contributed by atoms with van der Waals surface area (Å²) < 4.78 is 0. The lowest BCUT2D eigenvalue weighted by Crippen LogP contribution is -2.48. The summed E-state index contributed by atoms with van der Waals surface area (Å²) in [6, 6.07) is 25.0. The molecule has 0 bridgehead atoms. The number of hydrogen-bond donors (Lipinski definition) is 0. The van der Waals surface area contributed by atoms with Crippen LogP contribution in [-0.2, 0) is 5.54 Å². The van der Waals surface area contributed by atoms with Gasteiger partial charge in [-0.15, -0.1) is 0 Å². The number of fused-ring (bicyclic) bond motifs is 3. The maximum atomic E-state index is 2.85. The molecule has 2 atom stereocenters. The third kappa shape index (κ3) is 3.15. The van der Waals surface area contributed by atoms with E-state index in [0.29, 0.717) is 5.92 Å². The van der Waals surface area contributed by atoms with E-state index in [9.17, 15) is 0 Å². The minimum absolute atomic E-state index is 0.0234. The smallest absolute Gasteiger partial charge is 0.134 e. The molecule has 2 nitrogen and oxygen atoms in total. The number of para-hydroxylation sites is 1. The normalized spacial score (nSPS) is 24.2. The predicted molar refractivity (Wildman–Crippen MR) is 147 cm³/mol. The quantitative estimate of drug-likeness (QED) is 0.384.